The van der Waals surface area contributed by atoms with Gasteiger partial charge in [-0.05, 0) is 74.3 Å². The van der Waals surface area contributed by atoms with Gasteiger partial charge in [0.1, 0.15) is 0 Å². The van der Waals surface area contributed by atoms with Gasteiger partial charge in [-0.25, -0.2) is 0 Å². The van der Waals surface area contributed by atoms with Crippen molar-refractivity contribution < 1.29 is 14.6 Å². The zero-order chi connectivity index (χ0) is 22.6. The topological polar surface area (TPSA) is 61.8 Å². The van der Waals surface area contributed by atoms with E-state index in [2.05, 4.69) is 54.4 Å². The summed E-state index contributed by atoms with van der Waals surface area (Å²) in [6, 6.07) is 16.4. The number of nitrogens with one attached hydrogen (secondary N) is 1. The van der Waals surface area contributed by atoms with E-state index in [1.807, 2.05) is 18.2 Å². The number of hydrogen-bond acceptors (Lipinski definition) is 4. The smallest absolute Gasteiger partial charge is 0.251 e. The summed E-state index contributed by atoms with van der Waals surface area (Å²) in [5.41, 5.74) is 4.51. The fourth-order valence-corrected chi connectivity index (χ4v) is 5.09. The average molecular weight is 437 g/mol. The molecule has 2 N–H and O–H groups in total. The normalized spacial score (nSPS) is 21.5. The second-order valence-electron chi connectivity index (χ2n) is 9.99. The lowest BCUT2D eigenvalue weighted by Gasteiger charge is -2.35. The highest BCUT2D eigenvalue weighted by Gasteiger charge is 2.28. The molecule has 1 amide bonds. The second-order valence-corrected chi connectivity index (χ2v) is 9.99. The number of hydrogen-bond donors (Lipinski definition) is 2. The molecule has 32 heavy (non-hydrogen) atoms. The first kappa shape index (κ1) is 23.0. The Morgan fingerprint density at radius 2 is 2.03 bits per heavy atom. The first-order valence-electron chi connectivity index (χ1n) is 11.9. The Morgan fingerprint density at radius 3 is 2.84 bits per heavy atom. The lowest BCUT2D eigenvalue weighted by Crippen LogP contribution is -2.42. The van der Waals surface area contributed by atoms with Gasteiger partial charge in [-0.1, -0.05) is 36.4 Å². The molecule has 2 aromatic rings. The Morgan fingerprint density at radius 1 is 1.22 bits per heavy atom. The molecule has 1 saturated heterocycles. The van der Waals surface area contributed by atoms with Crippen molar-refractivity contribution in [2.24, 2.45) is 5.92 Å². The molecule has 5 heteroatoms. The van der Waals surface area contributed by atoms with Gasteiger partial charge in [0, 0.05) is 38.3 Å². The molecule has 1 fully saturated rings. The Bertz CT molecular complexity index is 927. The van der Waals surface area contributed by atoms with Crippen LogP contribution in [-0.4, -0.2) is 53.9 Å². The lowest BCUT2D eigenvalue weighted by molar-refractivity contribution is -0.0721. The van der Waals surface area contributed by atoms with E-state index in [1.54, 1.807) is 0 Å². The van der Waals surface area contributed by atoms with E-state index in [0.717, 1.165) is 45.4 Å². The molecule has 2 aromatic carbocycles. The Balaban J connectivity index is 1.25. The number of nitrogens with zero attached hydrogens (tertiary/aromatic N) is 1. The minimum absolute atomic E-state index is 0.0650. The van der Waals surface area contributed by atoms with Gasteiger partial charge in [0.2, 0.25) is 0 Å². The number of rotatable bonds is 7. The maximum atomic E-state index is 12.7. The summed E-state index contributed by atoms with van der Waals surface area (Å²) in [6.45, 7) is 7.72. The number of benzene rings is 2. The molecular formula is C27H36N2O3. The monoisotopic (exact) mass is 436 g/mol. The summed E-state index contributed by atoms with van der Waals surface area (Å²) >= 11 is 0. The summed E-state index contributed by atoms with van der Waals surface area (Å²) in [6.07, 6.45) is 3.49. The molecule has 2 heterocycles. The molecule has 0 spiro atoms. The van der Waals surface area contributed by atoms with Crippen molar-refractivity contribution in [3.63, 3.8) is 0 Å². The van der Waals surface area contributed by atoms with Gasteiger partial charge in [-0.2, -0.15) is 0 Å². The number of ether oxygens (including phenoxy) is 1. The van der Waals surface area contributed by atoms with Crippen LogP contribution in [-0.2, 0) is 24.1 Å². The summed E-state index contributed by atoms with van der Waals surface area (Å²) in [5.74, 6) is 0.454. The maximum Gasteiger partial charge on any atom is 0.251 e. The van der Waals surface area contributed by atoms with Crippen LogP contribution in [0.2, 0.25) is 0 Å². The van der Waals surface area contributed by atoms with Crippen LogP contribution in [0.1, 0.15) is 53.7 Å². The minimum Gasteiger partial charge on any atom is -0.390 e. The third-order valence-electron chi connectivity index (χ3n) is 6.69. The van der Waals surface area contributed by atoms with Gasteiger partial charge in [0.05, 0.1) is 11.7 Å². The SMILES string of the molecule is CC1(C)CC(Cc2cccc(C(=O)NCC(O)CN3CCc4ccccc4C3)c2)CCO1. The first-order valence-corrected chi connectivity index (χ1v) is 11.9. The Hall–Kier alpha value is -2.21. The van der Waals surface area contributed by atoms with Gasteiger partial charge in [0.15, 0.2) is 0 Å². The highest BCUT2D eigenvalue weighted by molar-refractivity contribution is 5.94. The van der Waals surface area contributed by atoms with Crippen LogP contribution in [0.15, 0.2) is 48.5 Å². The average Bonchev–Trinajstić information content (AvgIpc) is 2.77. The van der Waals surface area contributed by atoms with Crippen LogP contribution >= 0.6 is 0 Å². The first-order chi connectivity index (χ1) is 15.4. The molecule has 2 aliphatic rings. The molecule has 0 bridgehead atoms. The van der Waals surface area contributed by atoms with Crippen molar-refractivity contribution in [3.05, 3.63) is 70.8 Å². The highest BCUT2D eigenvalue weighted by Crippen LogP contribution is 2.31. The lowest BCUT2D eigenvalue weighted by atomic mass is 9.84. The number of carbonyl (C=O) groups excluding carboxylic acids is 1. The number of aliphatic hydroxyl groups excluding tert-OH is 1. The number of carbonyl (C=O) groups is 1. The van der Waals surface area contributed by atoms with Crippen LogP contribution in [0, 0.1) is 5.92 Å². The molecule has 4 rings (SSSR count). The van der Waals surface area contributed by atoms with Crippen LogP contribution in [0.25, 0.3) is 0 Å². The molecule has 2 aliphatic heterocycles. The fourth-order valence-electron chi connectivity index (χ4n) is 5.09. The van der Waals surface area contributed by atoms with E-state index in [9.17, 15) is 9.90 Å². The van der Waals surface area contributed by atoms with E-state index < -0.39 is 6.10 Å². The van der Waals surface area contributed by atoms with Gasteiger partial charge < -0.3 is 15.2 Å². The van der Waals surface area contributed by atoms with E-state index in [4.69, 9.17) is 4.74 Å². The van der Waals surface area contributed by atoms with Gasteiger partial charge in [-0.15, -0.1) is 0 Å². The summed E-state index contributed by atoms with van der Waals surface area (Å²) < 4.78 is 5.83. The standard InChI is InChI=1S/C27H36N2O3/c1-27(2)16-21(11-13-32-27)14-20-6-5-9-23(15-20)26(31)28-17-25(30)19-29-12-10-22-7-3-4-8-24(22)18-29/h3-9,15,21,25,30H,10-14,16-19H2,1-2H3,(H,28,31). The summed E-state index contributed by atoms with van der Waals surface area (Å²) in [7, 11) is 0. The van der Waals surface area contributed by atoms with Crippen LogP contribution in [0.3, 0.4) is 0 Å². The van der Waals surface area contributed by atoms with Crippen molar-refractivity contribution in [3.8, 4) is 0 Å². The fraction of sp³-hybridized carbons (Fsp3) is 0.519. The Kier molecular flexibility index (Phi) is 7.29. The van der Waals surface area contributed by atoms with Crippen LogP contribution in [0.4, 0.5) is 0 Å². The molecule has 0 aliphatic carbocycles. The quantitative estimate of drug-likeness (QED) is 0.696. The molecular weight excluding hydrogens is 400 g/mol. The zero-order valence-electron chi connectivity index (χ0n) is 19.3. The third kappa shape index (κ3) is 6.18. The number of amides is 1. The maximum absolute atomic E-state index is 12.7. The molecule has 0 saturated carbocycles. The molecule has 172 valence electrons. The predicted molar refractivity (Wildman–Crippen MR) is 127 cm³/mol. The highest BCUT2D eigenvalue weighted by atomic mass is 16.5. The van der Waals surface area contributed by atoms with Crippen molar-refractivity contribution in [2.75, 3.05) is 26.2 Å². The number of fused-ring (bicyclic) bond motifs is 1. The third-order valence-corrected chi connectivity index (χ3v) is 6.69. The molecule has 2 unspecified atom stereocenters. The second kappa shape index (κ2) is 10.2. The van der Waals surface area contributed by atoms with Crippen molar-refractivity contribution in [2.45, 2.75) is 57.8 Å². The largest absolute Gasteiger partial charge is 0.390 e. The van der Waals surface area contributed by atoms with Crippen molar-refractivity contribution in [1.29, 1.82) is 0 Å². The molecule has 5 nitrogen and oxygen atoms in total. The molecule has 0 radical (unpaired) electrons. The zero-order valence-corrected chi connectivity index (χ0v) is 19.3. The molecule has 0 aromatic heterocycles. The van der Waals surface area contributed by atoms with E-state index in [-0.39, 0.29) is 18.1 Å². The Labute approximate surface area is 191 Å². The van der Waals surface area contributed by atoms with E-state index in [1.165, 1.54) is 16.7 Å². The van der Waals surface area contributed by atoms with E-state index >= 15 is 0 Å². The minimum atomic E-state index is -0.586. The van der Waals surface area contributed by atoms with Gasteiger partial charge in [0.25, 0.3) is 5.91 Å². The van der Waals surface area contributed by atoms with Gasteiger partial charge >= 0.3 is 0 Å². The van der Waals surface area contributed by atoms with Crippen LogP contribution < -0.4 is 5.32 Å². The predicted octanol–water partition coefficient (Wildman–Crippen LogP) is 3.58. The summed E-state index contributed by atoms with van der Waals surface area (Å²) in [5, 5.41) is 13.4. The number of β-amino-alcohol motifs (C(OH)–C–C–N with tert-alkyl or cyclic N) is 1. The summed E-state index contributed by atoms with van der Waals surface area (Å²) in [4.78, 5) is 15.0. The van der Waals surface area contributed by atoms with Crippen molar-refractivity contribution >= 4 is 5.91 Å². The van der Waals surface area contributed by atoms with Gasteiger partial charge in [-0.3, -0.25) is 9.69 Å². The number of aliphatic hydroxyl groups is 1. The van der Waals surface area contributed by atoms with Crippen molar-refractivity contribution in [1.82, 2.24) is 10.2 Å². The van der Waals surface area contributed by atoms with E-state index in [0.29, 0.717) is 18.0 Å². The molecule has 2 atom stereocenters. The van der Waals surface area contributed by atoms with Crippen LogP contribution in [0.5, 0.6) is 0 Å².